The van der Waals surface area contributed by atoms with E-state index in [0.717, 1.165) is 61.1 Å². The van der Waals surface area contributed by atoms with E-state index in [2.05, 4.69) is 20.5 Å². The number of thiazole rings is 1. The summed E-state index contributed by atoms with van der Waals surface area (Å²) in [5.74, 6) is -0.155. The van der Waals surface area contributed by atoms with Gasteiger partial charge in [-0.05, 0) is 55.2 Å². The molecule has 0 spiro atoms. The molecule has 4 rings (SSSR count). The Morgan fingerprint density at radius 1 is 1.18 bits per heavy atom. The van der Waals surface area contributed by atoms with Crippen LogP contribution >= 0.6 is 23.6 Å². The van der Waals surface area contributed by atoms with Crippen molar-refractivity contribution in [1.29, 1.82) is 0 Å². The number of carbonyl (C=O) groups is 1. The minimum absolute atomic E-state index is 0.242. The van der Waals surface area contributed by atoms with E-state index in [1.165, 1.54) is 17.4 Å². The van der Waals surface area contributed by atoms with E-state index in [1.54, 1.807) is 42.8 Å². The maximum absolute atomic E-state index is 13.2. The number of hydrogen-bond acceptors (Lipinski definition) is 5. The maximum atomic E-state index is 13.2. The monoisotopic (exact) mass is 562 g/mol. The number of thiocarbonyl (C=S) groups is 1. The molecule has 3 aromatic rings. The van der Waals surface area contributed by atoms with E-state index in [1.807, 2.05) is 0 Å². The van der Waals surface area contributed by atoms with E-state index in [-0.39, 0.29) is 5.92 Å². The quantitative estimate of drug-likeness (QED) is 0.253. The summed E-state index contributed by atoms with van der Waals surface area (Å²) in [6.07, 6.45) is -1.80. The van der Waals surface area contributed by atoms with E-state index >= 15 is 0 Å². The highest BCUT2D eigenvalue weighted by molar-refractivity contribution is 7.80. The predicted molar refractivity (Wildman–Crippen MR) is 148 cm³/mol. The SMILES string of the molecule is COCCCNC(=S)N1CCC(c2nc(C(=O)Nc3ccccc3-c3cccc(C(F)(F)F)c3)cs2)CC1. The van der Waals surface area contributed by atoms with Gasteiger partial charge < -0.3 is 20.3 Å². The number of para-hydroxylation sites is 1. The van der Waals surface area contributed by atoms with Gasteiger partial charge in [0.25, 0.3) is 5.91 Å². The molecule has 0 radical (unpaired) electrons. The Hall–Kier alpha value is -3.02. The molecule has 0 atom stereocenters. The summed E-state index contributed by atoms with van der Waals surface area (Å²) in [5.41, 5.74) is 0.843. The Labute approximate surface area is 229 Å². The number of piperidine rings is 1. The molecule has 2 aromatic carbocycles. The van der Waals surface area contributed by atoms with E-state index in [4.69, 9.17) is 17.0 Å². The van der Waals surface area contributed by atoms with Crippen LogP contribution in [-0.2, 0) is 10.9 Å². The minimum atomic E-state index is -4.45. The van der Waals surface area contributed by atoms with Crippen LogP contribution in [-0.4, -0.2) is 54.3 Å². The first-order valence-electron chi connectivity index (χ1n) is 12.3. The summed E-state index contributed by atoms with van der Waals surface area (Å²) in [6.45, 7) is 3.08. The summed E-state index contributed by atoms with van der Waals surface area (Å²) in [5, 5.41) is 9.48. The van der Waals surface area contributed by atoms with Gasteiger partial charge in [0.2, 0.25) is 0 Å². The molecule has 0 bridgehead atoms. The number of rotatable bonds is 8. The van der Waals surface area contributed by atoms with Crippen molar-refractivity contribution in [2.75, 3.05) is 38.7 Å². The topological polar surface area (TPSA) is 66.5 Å². The van der Waals surface area contributed by atoms with Gasteiger partial charge in [0, 0.05) is 55.9 Å². The van der Waals surface area contributed by atoms with Crippen LogP contribution in [0.1, 0.15) is 46.2 Å². The third-order valence-corrected chi connectivity index (χ3v) is 7.77. The van der Waals surface area contributed by atoms with Crippen molar-refractivity contribution >= 4 is 40.3 Å². The van der Waals surface area contributed by atoms with Gasteiger partial charge in [0.15, 0.2) is 5.11 Å². The Morgan fingerprint density at radius 3 is 2.68 bits per heavy atom. The van der Waals surface area contributed by atoms with Crippen molar-refractivity contribution in [2.24, 2.45) is 0 Å². The first kappa shape index (κ1) is 28.0. The molecule has 6 nitrogen and oxygen atoms in total. The highest BCUT2D eigenvalue weighted by Crippen LogP contribution is 2.35. The van der Waals surface area contributed by atoms with Crippen LogP contribution in [0.2, 0.25) is 0 Å². The lowest BCUT2D eigenvalue weighted by Gasteiger charge is -2.33. The molecule has 2 heterocycles. The molecule has 1 fully saturated rings. The number of benzene rings is 2. The van der Waals surface area contributed by atoms with Gasteiger partial charge in [-0.1, -0.05) is 30.3 Å². The van der Waals surface area contributed by atoms with Crippen LogP contribution in [0.25, 0.3) is 11.1 Å². The number of hydrogen-bond donors (Lipinski definition) is 2. The van der Waals surface area contributed by atoms with Gasteiger partial charge in [0.05, 0.1) is 10.6 Å². The normalized spacial score (nSPS) is 14.4. The van der Waals surface area contributed by atoms with Crippen molar-refractivity contribution in [3.8, 4) is 11.1 Å². The Bertz CT molecular complexity index is 1260. The highest BCUT2D eigenvalue weighted by atomic mass is 32.1. The number of amides is 1. The van der Waals surface area contributed by atoms with Gasteiger partial charge in [0.1, 0.15) is 5.69 Å². The van der Waals surface area contributed by atoms with Crippen LogP contribution in [0, 0.1) is 0 Å². The van der Waals surface area contributed by atoms with E-state index in [0.29, 0.717) is 29.1 Å². The molecule has 1 aromatic heterocycles. The van der Waals surface area contributed by atoms with Crippen LogP contribution in [0.4, 0.5) is 18.9 Å². The average molecular weight is 563 g/mol. The number of ether oxygens (including phenoxy) is 1. The number of anilines is 1. The zero-order valence-electron chi connectivity index (χ0n) is 20.9. The molecular weight excluding hydrogens is 533 g/mol. The number of methoxy groups -OCH3 is 1. The molecule has 38 heavy (non-hydrogen) atoms. The Morgan fingerprint density at radius 2 is 1.95 bits per heavy atom. The zero-order valence-corrected chi connectivity index (χ0v) is 22.5. The van der Waals surface area contributed by atoms with Crippen molar-refractivity contribution < 1.29 is 22.7 Å². The van der Waals surface area contributed by atoms with Crippen molar-refractivity contribution in [1.82, 2.24) is 15.2 Å². The summed E-state index contributed by atoms with van der Waals surface area (Å²) >= 11 is 6.95. The molecule has 11 heteroatoms. The second-order valence-corrected chi connectivity index (χ2v) is 10.3. The van der Waals surface area contributed by atoms with Gasteiger partial charge >= 0.3 is 6.18 Å². The van der Waals surface area contributed by atoms with Gasteiger partial charge in [-0.25, -0.2) is 4.98 Å². The fraction of sp³-hybridized carbons (Fsp3) is 0.370. The predicted octanol–water partition coefficient (Wildman–Crippen LogP) is 6.17. The summed E-state index contributed by atoms with van der Waals surface area (Å²) in [6, 6.07) is 11.9. The number of alkyl halides is 3. The molecule has 202 valence electrons. The van der Waals surface area contributed by atoms with Crippen molar-refractivity contribution in [3.05, 3.63) is 70.2 Å². The third-order valence-electron chi connectivity index (χ3n) is 6.36. The minimum Gasteiger partial charge on any atom is -0.385 e. The second kappa shape index (κ2) is 12.7. The van der Waals surface area contributed by atoms with Gasteiger partial charge in [-0.15, -0.1) is 11.3 Å². The number of likely N-dealkylation sites (tertiary alicyclic amines) is 1. The summed E-state index contributed by atoms with van der Waals surface area (Å²) in [4.78, 5) is 19.8. The molecule has 1 aliphatic rings. The van der Waals surface area contributed by atoms with E-state index in [9.17, 15) is 18.0 Å². The maximum Gasteiger partial charge on any atom is 0.416 e. The average Bonchev–Trinajstić information content (AvgIpc) is 3.42. The molecular formula is C27H29F3N4O2S2. The largest absolute Gasteiger partial charge is 0.416 e. The van der Waals surface area contributed by atoms with Crippen LogP contribution < -0.4 is 10.6 Å². The second-order valence-electron chi connectivity index (χ2n) is 8.99. The molecule has 1 saturated heterocycles. The molecule has 2 N–H and O–H groups in total. The highest BCUT2D eigenvalue weighted by Gasteiger charge is 2.30. The lowest BCUT2D eigenvalue weighted by atomic mass is 9.98. The molecule has 0 aliphatic carbocycles. The Balaban J connectivity index is 1.38. The van der Waals surface area contributed by atoms with Crippen molar-refractivity contribution in [3.63, 3.8) is 0 Å². The third kappa shape index (κ3) is 7.09. The van der Waals surface area contributed by atoms with Crippen molar-refractivity contribution in [2.45, 2.75) is 31.4 Å². The van der Waals surface area contributed by atoms with E-state index < -0.39 is 17.6 Å². The molecule has 0 saturated carbocycles. The molecule has 0 unspecified atom stereocenters. The number of aromatic nitrogens is 1. The lowest BCUT2D eigenvalue weighted by molar-refractivity contribution is -0.137. The molecule has 1 amide bonds. The lowest BCUT2D eigenvalue weighted by Crippen LogP contribution is -2.44. The van der Waals surface area contributed by atoms with Gasteiger partial charge in [-0.3, -0.25) is 4.79 Å². The Kier molecular flexibility index (Phi) is 9.35. The fourth-order valence-corrected chi connectivity index (χ4v) is 5.58. The number of halogens is 3. The number of carbonyl (C=O) groups excluding carboxylic acids is 1. The van der Waals surface area contributed by atoms with Crippen LogP contribution in [0.5, 0.6) is 0 Å². The summed E-state index contributed by atoms with van der Waals surface area (Å²) in [7, 11) is 1.68. The standard InChI is InChI=1S/C27H29F3N4O2S2/c1-36-15-5-12-31-26(37)34-13-10-18(11-14-34)25-33-23(17-38-25)24(35)32-22-9-3-2-8-21(22)19-6-4-7-20(16-19)27(28,29)30/h2-4,6-9,16-18H,5,10-15H2,1H3,(H,31,37)(H,32,35). The number of nitrogens with zero attached hydrogens (tertiary/aromatic N) is 2. The zero-order chi connectivity index (χ0) is 27.1. The fourth-order valence-electron chi connectivity index (χ4n) is 4.33. The first-order chi connectivity index (χ1) is 18.3. The number of nitrogens with one attached hydrogen (secondary N) is 2. The summed E-state index contributed by atoms with van der Waals surface area (Å²) < 4.78 is 44.7. The first-order valence-corrected chi connectivity index (χ1v) is 13.6. The van der Waals surface area contributed by atoms with Crippen LogP contribution in [0.15, 0.2) is 53.9 Å². The smallest absolute Gasteiger partial charge is 0.385 e. The molecule has 1 aliphatic heterocycles. The van der Waals surface area contributed by atoms with Gasteiger partial charge in [-0.2, -0.15) is 13.2 Å². The van der Waals surface area contributed by atoms with Crippen LogP contribution in [0.3, 0.4) is 0 Å².